The Morgan fingerprint density at radius 1 is 0.807 bits per heavy atom. The van der Waals surface area contributed by atoms with Crippen molar-refractivity contribution in [1.29, 1.82) is 0 Å². The fourth-order valence-electron chi connectivity index (χ4n) is 15.0. The Balaban J connectivity index is 1.01. The summed E-state index contributed by atoms with van der Waals surface area (Å²) in [6, 6.07) is 0. The molecule has 15 nitrogen and oxygen atoms in total. The number of hydrogen-bond donors (Lipinski definition) is 8. The van der Waals surface area contributed by atoms with Crippen LogP contribution in [0, 0.1) is 50.7 Å². The molecule has 0 aromatic rings. The summed E-state index contributed by atoms with van der Waals surface area (Å²) in [5, 5.41) is 89.0. The Kier molecular flexibility index (Phi) is 10.3. The molecular weight excluding hydrogens is 744 g/mol. The quantitative estimate of drug-likeness (QED) is 0.133. The van der Waals surface area contributed by atoms with Gasteiger partial charge in [-0.25, -0.2) is 0 Å². The highest BCUT2D eigenvalue weighted by atomic mass is 16.7. The van der Waals surface area contributed by atoms with Gasteiger partial charge in [0.15, 0.2) is 24.5 Å². The van der Waals surface area contributed by atoms with E-state index in [1.54, 1.807) is 13.8 Å². The average Bonchev–Trinajstić information content (AvgIpc) is 3.76. The number of ether oxygens (including phenoxy) is 6. The molecule has 2 spiro atoms. The summed E-state index contributed by atoms with van der Waals surface area (Å²) in [7, 11) is 0. The molecule has 0 aromatic heterocycles. The van der Waals surface area contributed by atoms with Crippen LogP contribution in [0.2, 0.25) is 0 Å². The first-order valence-electron chi connectivity index (χ1n) is 21.3. The van der Waals surface area contributed by atoms with Gasteiger partial charge in [0.1, 0.15) is 48.8 Å². The van der Waals surface area contributed by atoms with Gasteiger partial charge in [0, 0.05) is 18.3 Å². The maximum Gasteiger partial charge on any atom is 0.303 e. The van der Waals surface area contributed by atoms with E-state index >= 15 is 0 Å². The Morgan fingerprint density at radius 3 is 2.07 bits per heavy atom. The molecule has 3 heterocycles. The van der Waals surface area contributed by atoms with Gasteiger partial charge in [0.25, 0.3) is 0 Å². The average molecular weight is 813 g/mol. The molecule has 8 N–H and O–H groups in total. The Morgan fingerprint density at radius 2 is 1.42 bits per heavy atom. The van der Waals surface area contributed by atoms with Gasteiger partial charge in [0.05, 0.1) is 24.9 Å². The van der Waals surface area contributed by atoms with Crippen LogP contribution in [0.1, 0.15) is 107 Å². The summed E-state index contributed by atoms with van der Waals surface area (Å²) in [4.78, 5) is 12.2. The Labute approximate surface area is 335 Å². The second-order valence-electron chi connectivity index (χ2n) is 21.2. The molecule has 326 valence electrons. The summed E-state index contributed by atoms with van der Waals surface area (Å²) in [5.74, 6) is -2.53. The van der Waals surface area contributed by atoms with E-state index in [0.29, 0.717) is 12.8 Å². The number of carbonyl (C=O) groups excluding carboxylic acids is 1. The lowest BCUT2D eigenvalue weighted by Gasteiger charge is -2.63. The molecular formula is C42H68O15. The highest BCUT2D eigenvalue weighted by Gasteiger charge is 2.87. The van der Waals surface area contributed by atoms with Crippen molar-refractivity contribution in [3.05, 3.63) is 0 Å². The first-order chi connectivity index (χ1) is 26.4. The van der Waals surface area contributed by atoms with Crippen LogP contribution < -0.4 is 0 Å². The summed E-state index contributed by atoms with van der Waals surface area (Å²) in [6.07, 6.45) is -7.62. The molecule has 5 saturated carbocycles. The molecule has 15 heteroatoms. The molecule has 0 bridgehead atoms. The predicted molar refractivity (Wildman–Crippen MR) is 198 cm³/mol. The van der Waals surface area contributed by atoms with Crippen molar-refractivity contribution in [1.82, 2.24) is 0 Å². The topological polar surface area (TPSA) is 234 Å². The zero-order valence-electron chi connectivity index (χ0n) is 34.7. The van der Waals surface area contributed by atoms with Gasteiger partial charge in [-0.2, -0.15) is 0 Å². The fraction of sp³-hybridized carbons (Fsp3) is 0.976. The Hall–Kier alpha value is -1.05. The lowest BCUT2D eigenvalue weighted by molar-refractivity contribution is -0.345. The van der Waals surface area contributed by atoms with Crippen molar-refractivity contribution in [2.45, 2.75) is 192 Å². The molecule has 21 atom stereocenters. The van der Waals surface area contributed by atoms with E-state index in [4.69, 9.17) is 28.4 Å². The number of aliphatic hydroxyl groups is 8. The van der Waals surface area contributed by atoms with E-state index < -0.39 is 95.7 Å². The van der Waals surface area contributed by atoms with Gasteiger partial charge in [-0.05, 0) is 105 Å². The van der Waals surface area contributed by atoms with Gasteiger partial charge in [0.2, 0.25) is 0 Å². The van der Waals surface area contributed by atoms with E-state index in [1.165, 1.54) is 6.92 Å². The third-order valence-electron chi connectivity index (χ3n) is 17.6. The number of hydrogen-bond acceptors (Lipinski definition) is 15. The lowest BCUT2D eigenvalue weighted by atomic mass is 9.41. The molecule has 0 radical (unpaired) electrons. The minimum atomic E-state index is -1.90. The van der Waals surface area contributed by atoms with E-state index in [1.807, 2.05) is 0 Å². The number of carbonyl (C=O) groups is 1. The monoisotopic (exact) mass is 812 g/mol. The van der Waals surface area contributed by atoms with Crippen molar-refractivity contribution in [2.75, 3.05) is 13.2 Å². The summed E-state index contributed by atoms with van der Waals surface area (Å²) in [6.45, 7) is 14.9. The van der Waals surface area contributed by atoms with E-state index in [9.17, 15) is 45.6 Å². The van der Waals surface area contributed by atoms with Crippen LogP contribution in [0.15, 0.2) is 0 Å². The molecule has 8 fully saturated rings. The van der Waals surface area contributed by atoms with Crippen LogP contribution in [0.4, 0.5) is 0 Å². The maximum atomic E-state index is 12.7. The first-order valence-corrected chi connectivity index (χ1v) is 21.3. The third kappa shape index (κ3) is 5.87. The first kappa shape index (κ1) is 42.6. The summed E-state index contributed by atoms with van der Waals surface area (Å²) >= 11 is 0. The zero-order chi connectivity index (χ0) is 41.6. The standard InChI is InChI=1S/C42H68O15/c1-19-15-23(32(37(5,6)50)54-20(2)43)57-42(51)31(19)38(7)13-14-41-18-40(41)12-11-26(36(3,4)24(40)9-10-25(41)39(38,8)35(42)49)55-34-29(48)30(22(45)17-53-34)56-33-28(47)27(46)21(44)16-52-33/h19,21-35,44-51H,9-18H2,1-8H3/t19-,21-,22-,23-,24+,25+,26+,27+,28-,29-,30+,31-,32+,33+,34+,35-,38-,39-,40-,41+,42-/m1/s1. The number of rotatable bonds is 7. The van der Waals surface area contributed by atoms with Crippen molar-refractivity contribution in [3.8, 4) is 0 Å². The largest absolute Gasteiger partial charge is 0.457 e. The van der Waals surface area contributed by atoms with Crippen LogP contribution in [-0.4, -0.2) is 145 Å². The number of fused-ring (bicyclic) bond motifs is 4. The molecule has 3 aliphatic heterocycles. The normalized spacial score (nSPS) is 56.0. The van der Waals surface area contributed by atoms with Crippen LogP contribution >= 0.6 is 0 Å². The van der Waals surface area contributed by atoms with Gasteiger partial charge in [-0.3, -0.25) is 4.79 Å². The van der Waals surface area contributed by atoms with Crippen molar-refractivity contribution in [2.24, 2.45) is 50.7 Å². The lowest BCUT2D eigenvalue weighted by Crippen LogP contribution is -2.62. The predicted octanol–water partition coefficient (Wildman–Crippen LogP) is 1.11. The van der Waals surface area contributed by atoms with E-state index in [0.717, 1.165) is 38.5 Å². The molecule has 8 rings (SSSR count). The highest BCUT2D eigenvalue weighted by molar-refractivity contribution is 5.66. The Bertz CT molecular complexity index is 1550. The molecule has 57 heavy (non-hydrogen) atoms. The van der Waals surface area contributed by atoms with Gasteiger partial charge in [-0.1, -0.05) is 34.6 Å². The van der Waals surface area contributed by atoms with Gasteiger partial charge < -0.3 is 69.3 Å². The van der Waals surface area contributed by atoms with Crippen LogP contribution in [0.25, 0.3) is 0 Å². The van der Waals surface area contributed by atoms with Crippen LogP contribution in [-0.2, 0) is 33.2 Å². The highest BCUT2D eigenvalue weighted by Crippen LogP contribution is 2.89. The van der Waals surface area contributed by atoms with Crippen LogP contribution in [0.3, 0.4) is 0 Å². The van der Waals surface area contributed by atoms with Crippen molar-refractivity contribution in [3.63, 3.8) is 0 Å². The fourth-order valence-corrected chi connectivity index (χ4v) is 15.0. The molecule has 5 aliphatic carbocycles. The minimum absolute atomic E-state index is 0.00377. The second kappa shape index (κ2) is 13.7. The van der Waals surface area contributed by atoms with E-state index in [-0.39, 0.29) is 59.2 Å². The minimum Gasteiger partial charge on any atom is -0.457 e. The summed E-state index contributed by atoms with van der Waals surface area (Å²) < 4.78 is 35.9. The molecule has 0 amide bonds. The van der Waals surface area contributed by atoms with Gasteiger partial charge >= 0.3 is 5.97 Å². The van der Waals surface area contributed by atoms with E-state index in [2.05, 4.69) is 34.6 Å². The summed E-state index contributed by atoms with van der Waals surface area (Å²) in [5.41, 5.74) is -2.97. The third-order valence-corrected chi connectivity index (χ3v) is 17.6. The van der Waals surface area contributed by atoms with Gasteiger partial charge in [-0.15, -0.1) is 0 Å². The molecule has 0 unspecified atom stereocenters. The van der Waals surface area contributed by atoms with Crippen molar-refractivity contribution < 1.29 is 74.1 Å². The number of esters is 1. The number of aliphatic hydroxyl groups excluding tert-OH is 6. The van der Waals surface area contributed by atoms with Crippen LogP contribution in [0.5, 0.6) is 0 Å². The second-order valence-corrected chi connectivity index (χ2v) is 21.2. The zero-order valence-corrected chi connectivity index (χ0v) is 34.7. The SMILES string of the molecule is CC(=O)O[C@@H]([C@H]1C[C@@H](C)[C@H]2[C@@](O)(O1)[C@H](O)[C@@]1(C)[C@@H]3CC[C@H]4C(C)(C)[C@@H](O[C@@H]5OC[C@@H](O)[C@H](O[C@@H]6OC[C@@H](O)[C@H](O)[C@H]6O)[C@H]5O)CC[C@@]45C[C@@]35CC[C@]21C)C(C)(C)O. The molecule has 0 aromatic carbocycles. The molecule has 3 saturated heterocycles. The van der Waals surface area contributed by atoms with Crippen molar-refractivity contribution >= 4 is 5.97 Å². The molecule has 8 aliphatic rings. The maximum absolute atomic E-state index is 12.7. The smallest absolute Gasteiger partial charge is 0.303 e.